The molecule has 156 valence electrons. The quantitative estimate of drug-likeness (QED) is 0.291. The minimum atomic E-state index is -4.16. The molecule has 0 aromatic heterocycles. The molecule has 2 aromatic rings. The minimum Gasteiger partial charge on any atom is -0.490 e. The predicted octanol–water partition coefficient (Wildman–Crippen LogP) is 2.42. The molecule has 1 saturated heterocycles. The van der Waals surface area contributed by atoms with Crippen molar-refractivity contribution in [3.8, 4) is 11.5 Å². The number of ether oxygens (including phenoxy) is 1. The number of benzene rings is 2. The molecule has 2 aromatic carbocycles. The number of hydrogen-bond acceptors (Lipinski definition) is 7. The second-order valence-corrected chi connectivity index (χ2v) is 8.27. The molecule has 0 unspecified atom stereocenters. The summed E-state index contributed by atoms with van der Waals surface area (Å²) in [6, 6.07) is 10.3. The Morgan fingerprint density at radius 2 is 1.73 bits per heavy atom. The van der Waals surface area contributed by atoms with Crippen LogP contribution in [0.4, 0.5) is 0 Å². The van der Waals surface area contributed by atoms with Gasteiger partial charge in [-0.1, -0.05) is 29.8 Å². The van der Waals surface area contributed by atoms with Gasteiger partial charge in [-0.25, -0.2) is 0 Å². The second-order valence-electron chi connectivity index (χ2n) is 5.91. The molecular formula is C19H15ClN2O6S2. The number of carbonyl (C=O) groups excluding carboxylic acids is 2. The molecule has 2 amide bonds. The average molecular weight is 467 g/mol. The van der Waals surface area contributed by atoms with Crippen molar-refractivity contribution in [3.63, 3.8) is 0 Å². The van der Waals surface area contributed by atoms with E-state index in [1.165, 1.54) is 30.3 Å². The van der Waals surface area contributed by atoms with E-state index in [4.69, 9.17) is 32.7 Å². The Kier molecular flexibility index (Phi) is 6.40. The van der Waals surface area contributed by atoms with E-state index in [2.05, 4.69) is 10.6 Å². The Labute approximate surface area is 182 Å². The smallest absolute Gasteiger partial charge is 0.339 e. The van der Waals surface area contributed by atoms with Gasteiger partial charge in [0.15, 0.2) is 10.9 Å². The lowest BCUT2D eigenvalue weighted by Gasteiger charge is -2.17. The van der Waals surface area contributed by atoms with E-state index < -0.39 is 21.9 Å². The Morgan fingerprint density at radius 3 is 2.33 bits per heavy atom. The van der Waals surface area contributed by atoms with E-state index in [1.54, 1.807) is 25.1 Å². The molecule has 0 radical (unpaired) electrons. The lowest BCUT2D eigenvalue weighted by atomic mass is 10.1. The highest BCUT2D eigenvalue weighted by Gasteiger charge is 2.27. The first kappa shape index (κ1) is 21.8. The van der Waals surface area contributed by atoms with Crippen LogP contribution >= 0.6 is 23.8 Å². The van der Waals surface area contributed by atoms with Gasteiger partial charge in [-0.15, -0.1) is 0 Å². The van der Waals surface area contributed by atoms with Gasteiger partial charge in [0.2, 0.25) is 5.75 Å². The number of rotatable bonds is 6. The first-order valence-corrected chi connectivity index (χ1v) is 10.7. The van der Waals surface area contributed by atoms with Gasteiger partial charge < -0.3 is 8.92 Å². The first-order chi connectivity index (χ1) is 14.2. The number of hydrogen-bond donors (Lipinski definition) is 2. The van der Waals surface area contributed by atoms with Crippen molar-refractivity contribution in [2.75, 3.05) is 6.61 Å². The molecular weight excluding hydrogens is 452 g/mol. The van der Waals surface area contributed by atoms with Crippen LogP contribution < -0.4 is 19.6 Å². The van der Waals surface area contributed by atoms with Crippen molar-refractivity contribution in [2.24, 2.45) is 0 Å². The zero-order valence-corrected chi connectivity index (χ0v) is 17.9. The summed E-state index contributed by atoms with van der Waals surface area (Å²) in [6.07, 6.45) is 1.27. The summed E-state index contributed by atoms with van der Waals surface area (Å²) in [6.45, 7) is 1.88. The fraction of sp³-hybridized carbons (Fsp3) is 0.105. The standard InChI is InChI=1S/C19H15ClN2O6S2/c1-2-27-15-10-11(8-13-17(23)21-19(29)22-18(13)24)9-14(20)16(15)28-30(25,26)12-6-4-3-5-7-12/h3-10H,2H2,1H3,(H2,21,22,23,24,29). The van der Waals surface area contributed by atoms with Crippen molar-refractivity contribution >= 4 is 56.9 Å². The third-order valence-corrected chi connectivity index (χ3v) is 5.53. The number of amides is 2. The molecule has 2 N–H and O–H groups in total. The van der Waals surface area contributed by atoms with Crippen LogP contribution in [-0.4, -0.2) is 32.0 Å². The van der Waals surface area contributed by atoms with Gasteiger partial charge in [0.1, 0.15) is 10.5 Å². The van der Waals surface area contributed by atoms with Crippen molar-refractivity contribution < 1.29 is 26.9 Å². The Bertz CT molecular complexity index is 1140. The second kappa shape index (κ2) is 8.82. The monoisotopic (exact) mass is 466 g/mol. The molecule has 0 aliphatic carbocycles. The van der Waals surface area contributed by atoms with Crippen LogP contribution in [0.3, 0.4) is 0 Å². The van der Waals surface area contributed by atoms with Gasteiger partial charge in [0.05, 0.1) is 11.6 Å². The SMILES string of the molecule is CCOc1cc(C=C2C(=O)NC(=S)NC2=O)cc(Cl)c1OS(=O)(=O)c1ccccc1. The van der Waals surface area contributed by atoms with Gasteiger partial charge in [-0.05, 0) is 55.0 Å². The number of nitrogens with one attached hydrogen (secondary N) is 2. The van der Waals surface area contributed by atoms with E-state index in [-0.39, 0.29) is 38.7 Å². The van der Waals surface area contributed by atoms with Gasteiger partial charge in [0.25, 0.3) is 11.8 Å². The number of thiocarbonyl (C=S) groups is 1. The van der Waals surface area contributed by atoms with Crippen LogP contribution in [0, 0.1) is 0 Å². The van der Waals surface area contributed by atoms with Crippen molar-refractivity contribution in [1.82, 2.24) is 10.6 Å². The average Bonchev–Trinajstić information content (AvgIpc) is 2.68. The zero-order chi connectivity index (χ0) is 21.9. The van der Waals surface area contributed by atoms with E-state index in [1.807, 2.05) is 0 Å². The molecule has 0 bridgehead atoms. The molecule has 0 spiro atoms. The molecule has 11 heteroatoms. The summed E-state index contributed by atoms with van der Waals surface area (Å²) >= 11 is 11.0. The van der Waals surface area contributed by atoms with E-state index >= 15 is 0 Å². The predicted molar refractivity (Wildman–Crippen MR) is 114 cm³/mol. The summed E-state index contributed by atoms with van der Waals surface area (Å²) in [5, 5.41) is 4.46. The number of halogens is 1. The summed E-state index contributed by atoms with van der Waals surface area (Å²) in [5.41, 5.74) is 0.119. The first-order valence-electron chi connectivity index (χ1n) is 8.55. The molecule has 30 heavy (non-hydrogen) atoms. The summed E-state index contributed by atoms with van der Waals surface area (Å²) in [5.74, 6) is -1.53. The molecule has 1 fully saturated rings. The molecule has 8 nitrogen and oxygen atoms in total. The molecule has 1 aliphatic rings. The fourth-order valence-corrected chi connectivity index (χ4v) is 4.00. The molecule has 1 heterocycles. The van der Waals surface area contributed by atoms with Crippen LogP contribution in [0.2, 0.25) is 5.02 Å². The van der Waals surface area contributed by atoms with Crippen LogP contribution in [0.5, 0.6) is 11.5 Å². The maximum atomic E-state index is 12.6. The van der Waals surface area contributed by atoms with Crippen LogP contribution in [0.1, 0.15) is 12.5 Å². The molecule has 0 saturated carbocycles. The highest BCUT2D eigenvalue weighted by atomic mass is 35.5. The maximum Gasteiger partial charge on any atom is 0.339 e. The van der Waals surface area contributed by atoms with Crippen molar-refractivity contribution in [2.45, 2.75) is 11.8 Å². The summed E-state index contributed by atoms with van der Waals surface area (Å²) < 4.78 is 35.8. The fourth-order valence-electron chi connectivity index (χ4n) is 2.53. The molecule has 1 aliphatic heterocycles. The van der Waals surface area contributed by atoms with Crippen molar-refractivity contribution in [1.29, 1.82) is 0 Å². The molecule has 0 atom stereocenters. The lowest BCUT2D eigenvalue weighted by molar-refractivity contribution is -0.123. The highest BCUT2D eigenvalue weighted by Crippen LogP contribution is 2.39. The maximum absolute atomic E-state index is 12.6. The van der Waals surface area contributed by atoms with E-state index in [9.17, 15) is 18.0 Å². The zero-order valence-electron chi connectivity index (χ0n) is 15.5. The third kappa shape index (κ3) is 4.78. The Balaban J connectivity index is 2.01. The number of carbonyl (C=O) groups is 2. The van der Waals surface area contributed by atoms with E-state index in [0.29, 0.717) is 5.56 Å². The van der Waals surface area contributed by atoms with Crippen LogP contribution in [0.25, 0.3) is 6.08 Å². The lowest BCUT2D eigenvalue weighted by Crippen LogP contribution is -2.51. The van der Waals surface area contributed by atoms with Gasteiger partial charge in [-0.2, -0.15) is 8.42 Å². The summed E-state index contributed by atoms with van der Waals surface area (Å²) in [4.78, 5) is 24.0. The topological polar surface area (TPSA) is 111 Å². The summed E-state index contributed by atoms with van der Waals surface area (Å²) in [7, 11) is -4.16. The largest absolute Gasteiger partial charge is 0.490 e. The third-order valence-electron chi connectivity index (χ3n) is 3.81. The normalized spacial score (nSPS) is 14.1. The van der Waals surface area contributed by atoms with Crippen molar-refractivity contribution in [3.05, 3.63) is 58.6 Å². The van der Waals surface area contributed by atoms with Gasteiger partial charge >= 0.3 is 10.1 Å². The van der Waals surface area contributed by atoms with E-state index in [0.717, 1.165) is 0 Å². The van der Waals surface area contributed by atoms with Crippen LogP contribution in [0.15, 0.2) is 52.9 Å². The van der Waals surface area contributed by atoms with Gasteiger partial charge in [-0.3, -0.25) is 20.2 Å². The Morgan fingerprint density at radius 1 is 1.10 bits per heavy atom. The van der Waals surface area contributed by atoms with Crippen LogP contribution in [-0.2, 0) is 19.7 Å². The Hall–Kier alpha value is -2.95. The highest BCUT2D eigenvalue weighted by molar-refractivity contribution is 7.87. The minimum absolute atomic E-state index is 0.0310. The molecule has 3 rings (SSSR count). The van der Waals surface area contributed by atoms with Gasteiger partial charge in [0, 0.05) is 0 Å².